The molecule has 0 heterocycles. The van der Waals surface area contributed by atoms with Crippen LogP contribution in [0.2, 0.25) is 0 Å². The van der Waals surface area contributed by atoms with Crippen molar-refractivity contribution in [2.24, 2.45) is 5.41 Å². The fourth-order valence-corrected chi connectivity index (χ4v) is 5.01. The second-order valence-corrected chi connectivity index (χ2v) is 11.4. The van der Waals surface area contributed by atoms with E-state index in [0.717, 1.165) is 0 Å². The van der Waals surface area contributed by atoms with E-state index < -0.39 is 0 Å². The van der Waals surface area contributed by atoms with Gasteiger partial charge in [0.1, 0.15) is 0 Å². The maximum atomic E-state index is 2.49. The Morgan fingerprint density at radius 2 is 0.484 bits per heavy atom. The minimum absolute atomic E-state index is 0.585. The average Bonchev–Trinajstić information content (AvgIpc) is 2.75. The van der Waals surface area contributed by atoms with Gasteiger partial charge >= 0.3 is 0 Å². The maximum absolute atomic E-state index is 2.49. The third-order valence-corrected chi connectivity index (χ3v) is 7.41. The standard InChI is InChI=1S/C31H64/c1-5-7-9-11-12-13-14-15-16-17-18-19-20-21-22-23-24-25-26-28-30-31(3,4)29-27-10-8-6-2/h5-30H2,1-4H3. The van der Waals surface area contributed by atoms with Crippen LogP contribution in [0.1, 0.15) is 195 Å². The van der Waals surface area contributed by atoms with Crippen molar-refractivity contribution >= 4 is 0 Å². The van der Waals surface area contributed by atoms with E-state index in [0.29, 0.717) is 5.41 Å². The van der Waals surface area contributed by atoms with Gasteiger partial charge in [-0.25, -0.2) is 0 Å². The van der Waals surface area contributed by atoms with Crippen LogP contribution >= 0.6 is 0 Å². The van der Waals surface area contributed by atoms with E-state index in [9.17, 15) is 0 Å². The summed E-state index contributed by atoms with van der Waals surface area (Å²) in [5, 5.41) is 0. The average molecular weight is 437 g/mol. The summed E-state index contributed by atoms with van der Waals surface area (Å²) in [7, 11) is 0. The summed E-state index contributed by atoms with van der Waals surface area (Å²) in [6.45, 7) is 9.60. The molecule has 31 heavy (non-hydrogen) atoms. The van der Waals surface area contributed by atoms with E-state index in [-0.39, 0.29) is 0 Å². The molecule has 0 aromatic heterocycles. The summed E-state index contributed by atoms with van der Waals surface area (Å²) in [4.78, 5) is 0. The van der Waals surface area contributed by atoms with Gasteiger partial charge in [-0.1, -0.05) is 182 Å². The summed E-state index contributed by atoms with van der Waals surface area (Å²) in [5.74, 6) is 0. The predicted molar refractivity (Wildman–Crippen MR) is 145 cm³/mol. The largest absolute Gasteiger partial charge is 0.0654 e. The third kappa shape index (κ3) is 26.1. The first-order chi connectivity index (χ1) is 15.1. The van der Waals surface area contributed by atoms with Crippen molar-refractivity contribution in [3.05, 3.63) is 0 Å². The van der Waals surface area contributed by atoms with Crippen molar-refractivity contribution < 1.29 is 0 Å². The second kappa shape index (κ2) is 24.6. The fraction of sp³-hybridized carbons (Fsp3) is 1.00. The van der Waals surface area contributed by atoms with Crippen molar-refractivity contribution in [1.29, 1.82) is 0 Å². The Morgan fingerprint density at radius 1 is 0.290 bits per heavy atom. The molecule has 0 heteroatoms. The molecule has 0 atom stereocenters. The summed E-state index contributed by atoms with van der Waals surface area (Å²) in [5.41, 5.74) is 0.585. The highest BCUT2D eigenvalue weighted by atomic mass is 14.2. The quantitative estimate of drug-likeness (QED) is 0.118. The lowest BCUT2D eigenvalue weighted by molar-refractivity contribution is 0.282. The molecule has 0 aromatic carbocycles. The van der Waals surface area contributed by atoms with Crippen LogP contribution in [0.15, 0.2) is 0 Å². The Hall–Kier alpha value is 0. The predicted octanol–water partition coefficient (Wildman–Crippen LogP) is 12.2. The van der Waals surface area contributed by atoms with Crippen molar-refractivity contribution in [2.45, 2.75) is 195 Å². The highest BCUT2D eigenvalue weighted by Crippen LogP contribution is 2.30. The highest BCUT2D eigenvalue weighted by molar-refractivity contribution is 4.68. The lowest BCUT2D eigenvalue weighted by atomic mass is 9.82. The van der Waals surface area contributed by atoms with Gasteiger partial charge in [0.25, 0.3) is 0 Å². The summed E-state index contributed by atoms with van der Waals surface area (Å²) in [6, 6.07) is 0. The van der Waals surface area contributed by atoms with Crippen LogP contribution in [-0.4, -0.2) is 0 Å². The summed E-state index contributed by atoms with van der Waals surface area (Å²) >= 11 is 0. The number of unbranched alkanes of at least 4 members (excludes halogenated alkanes) is 22. The van der Waals surface area contributed by atoms with Gasteiger partial charge in [-0.15, -0.1) is 0 Å². The van der Waals surface area contributed by atoms with Crippen molar-refractivity contribution in [3.8, 4) is 0 Å². The number of hydrogen-bond acceptors (Lipinski definition) is 0. The Balaban J connectivity index is 3.16. The van der Waals surface area contributed by atoms with Crippen LogP contribution in [0.25, 0.3) is 0 Å². The van der Waals surface area contributed by atoms with E-state index in [2.05, 4.69) is 27.7 Å². The Labute approximate surface area is 200 Å². The molecule has 0 aliphatic heterocycles. The number of hydrogen-bond donors (Lipinski definition) is 0. The van der Waals surface area contributed by atoms with Gasteiger partial charge in [0, 0.05) is 0 Å². The first kappa shape index (κ1) is 31.0. The maximum Gasteiger partial charge on any atom is -0.0354 e. The molecule has 0 spiro atoms. The molecular weight excluding hydrogens is 372 g/mol. The summed E-state index contributed by atoms with van der Waals surface area (Å²) in [6.07, 6.45) is 38.1. The molecule has 0 fully saturated rings. The topological polar surface area (TPSA) is 0 Å². The van der Waals surface area contributed by atoms with Crippen LogP contribution in [0, 0.1) is 5.41 Å². The molecule has 0 saturated heterocycles. The second-order valence-electron chi connectivity index (χ2n) is 11.4. The molecule has 0 aromatic rings. The van der Waals surface area contributed by atoms with Gasteiger partial charge in [0.15, 0.2) is 0 Å². The van der Waals surface area contributed by atoms with Gasteiger partial charge in [0.2, 0.25) is 0 Å². The lowest BCUT2D eigenvalue weighted by Crippen LogP contribution is -2.11. The van der Waals surface area contributed by atoms with Gasteiger partial charge in [-0.2, -0.15) is 0 Å². The van der Waals surface area contributed by atoms with Crippen molar-refractivity contribution in [1.82, 2.24) is 0 Å². The summed E-state index contributed by atoms with van der Waals surface area (Å²) < 4.78 is 0. The van der Waals surface area contributed by atoms with Gasteiger partial charge < -0.3 is 0 Å². The van der Waals surface area contributed by atoms with E-state index in [4.69, 9.17) is 0 Å². The minimum atomic E-state index is 0.585. The van der Waals surface area contributed by atoms with Gasteiger partial charge in [-0.05, 0) is 18.3 Å². The van der Waals surface area contributed by atoms with Crippen LogP contribution in [0.3, 0.4) is 0 Å². The van der Waals surface area contributed by atoms with Crippen LogP contribution in [0.5, 0.6) is 0 Å². The molecule has 188 valence electrons. The fourth-order valence-electron chi connectivity index (χ4n) is 5.01. The molecule has 0 amide bonds. The zero-order chi connectivity index (χ0) is 22.9. The van der Waals surface area contributed by atoms with Gasteiger partial charge in [-0.3, -0.25) is 0 Å². The molecule has 0 N–H and O–H groups in total. The lowest BCUT2D eigenvalue weighted by Gasteiger charge is -2.24. The SMILES string of the molecule is CCCCCCCCCCCCCCCCCCCCCCC(C)(C)CCCCCC. The zero-order valence-corrected chi connectivity index (χ0v) is 22.9. The first-order valence-electron chi connectivity index (χ1n) is 15.1. The minimum Gasteiger partial charge on any atom is -0.0654 e. The Morgan fingerprint density at radius 3 is 0.742 bits per heavy atom. The van der Waals surface area contributed by atoms with Crippen molar-refractivity contribution in [3.63, 3.8) is 0 Å². The molecule has 0 bridgehead atoms. The monoisotopic (exact) mass is 437 g/mol. The highest BCUT2D eigenvalue weighted by Gasteiger charge is 2.16. The third-order valence-electron chi connectivity index (χ3n) is 7.41. The van der Waals surface area contributed by atoms with Crippen molar-refractivity contribution in [2.75, 3.05) is 0 Å². The molecule has 0 radical (unpaired) electrons. The molecule has 0 aliphatic carbocycles. The van der Waals surface area contributed by atoms with Gasteiger partial charge in [0.05, 0.1) is 0 Å². The molecule has 0 unspecified atom stereocenters. The van der Waals surface area contributed by atoms with Crippen LogP contribution in [0.4, 0.5) is 0 Å². The molecule has 0 aliphatic rings. The zero-order valence-electron chi connectivity index (χ0n) is 22.9. The van der Waals surface area contributed by atoms with Crippen LogP contribution < -0.4 is 0 Å². The molecule has 0 nitrogen and oxygen atoms in total. The Kier molecular flexibility index (Phi) is 24.6. The van der Waals surface area contributed by atoms with E-state index in [1.807, 2.05) is 0 Å². The molecular formula is C31H64. The number of rotatable bonds is 26. The normalized spacial score (nSPS) is 12.0. The smallest absolute Gasteiger partial charge is 0.0354 e. The van der Waals surface area contributed by atoms with Crippen LogP contribution in [-0.2, 0) is 0 Å². The Bertz CT molecular complexity index is 316. The first-order valence-corrected chi connectivity index (χ1v) is 15.1. The molecule has 0 rings (SSSR count). The van der Waals surface area contributed by atoms with E-state index in [1.165, 1.54) is 167 Å². The molecule has 0 saturated carbocycles. The van der Waals surface area contributed by atoms with E-state index >= 15 is 0 Å². The van der Waals surface area contributed by atoms with E-state index in [1.54, 1.807) is 0 Å².